The number of carbonyl (C=O) groups is 1. The molecule has 120 valence electrons. The van der Waals surface area contributed by atoms with Gasteiger partial charge in [-0.15, -0.1) is 0 Å². The van der Waals surface area contributed by atoms with Gasteiger partial charge < -0.3 is 19.5 Å². The largest absolute Gasteiger partial charge is 0.496 e. The van der Waals surface area contributed by atoms with Crippen molar-refractivity contribution in [2.45, 2.75) is 31.5 Å². The zero-order valence-electron chi connectivity index (χ0n) is 13.2. The first-order valence-corrected chi connectivity index (χ1v) is 7.55. The summed E-state index contributed by atoms with van der Waals surface area (Å²) in [5.74, 6) is 2.03. The smallest absolute Gasteiger partial charge is 0.238 e. The van der Waals surface area contributed by atoms with E-state index in [-0.39, 0.29) is 18.1 Å². The van der Waals surface area contributed by atoms with Crippen LogP contribution < -0.4 is 19.5 Å². The van der Waals surface area contributed by atoms with Crippen LogP contribution in [0.2, 0.25) is 0 Å². The highest BCUT2D eigenvalue weighted by molar-refractivity contribution is 5.84. The van der Waals surface area contributed by atoms with Gasteiger partial charge in [0.05, 0.1) is 27.4 Å². The second-order valence-electron chi connectivity index (χ2n) is 5.61. The Hall–Kier alpha value is -1.95. The first-order valence-electron chi connectivity index (χ1n) is 7.55. The molecule has 6 heteroatoms. The quantitative estimate of drug-likeness (QED) is 0.917. The summed E-state index contributed by atoms with van der Waals surface area (Å²) in [5.41, 5.74) is 0.901. The van der Waals surface area contributed by atoms with Crippen LogP contribution >= 0.6 is 0 Å². The van der Waals surface area contributed by atoms with Gasteiger partial charge in [-0.3, -0.25) is 9.69 Å². The average molecular weight is 306 g/mol. The van der Waals surface area contributed by atoms with E-state index in [2.05, 4.69) is 10.2 Å². The molecule has 2 aliphatic rings. The number of fused-ring (bicyclic) bond motifs is 1. The first kappa shape index (κ1) is 15.0. The summed E-state index contributed by atoms with van der Waals surface area (Å²) in [6.45, 7) is 0.908. The lowest BCUT2D eigenvalue weighted by Gasteiger charge is -2.32. The molecule has 0 aromatic heterocycles. The molecule has 2 heterocycles. The highest BCUT2D eigenvalue weighted by Crippen LogP contribution is 2.41. The van der Waals surface area contributed by atoms with Gasteiger partial charge in [0.25, 0.3) is 0 Å². The van der Waals surface area contributed by atoms with Crippen LogP contribution in [0.4, 0.5) is 0 Å². The number of piperidine rings is 1. The van der Waals surface area contributed by atoms with Crippen molar-refractivity contribution in [3.8, 4) is 17.2 Å². The minimum absolute atomic E-state index is 0.0310. The van der Waals surface area contributed by atoms with E-state index in [0.29, 0.717) is 17.2 Å². The van der Waals surface area contributed by atoms with Crippen molar-refractivity contribution < 1.29 is 19.0 Å². The van der Waals surface area contributed by atoms with Gasteiger partial charge in [-0.25, -0.2) is 0 Å². The SMILES string of the molecule is COc1cc(OC)c(C2NC(=O)C3CCCCN32)cc1OC. The molecule has 2 aliphatic heterocycles. The Kier molecular flexibility index (Phi) is 4.11. The summed E-state index contributed by atoms with van der Waals surface area (Å²) in [6, 6.07) is 3.66. The lowest BCUT2D eigenvalue weighted by Crippen LogP contribution is -2.38. The summed E-state index contributed by atoms with van der Waals surface area (Å²) in [7, 11) is 4.81. The number of benzene rings is 1. The summed E-state index contributed by atoms with van der Waals surface area (Å²) >= 11 is 0. The number of rotatable bonds is 4. The number of methoxy groups -OCH3 is 3. The van der Waals surface area contributed by atoms with E-state index in [1.807, 2.05) is 6.07 Å². The van der Waals surface area contributed by atoms with Gasteiger partial charge in [-0.1, -0.05) is 6.42 Å². The summed E-state index contributed by atoms with van der Waals surface area (Å²) in [5, 5.41) is 3.09. The number of ether oxygens (including phenoxy) is 3. The maximum atomic E-state index is 12.2. The van der Waals surface area contributed by atoms with E-state index < -0.39 is 0 Å². The second kappa shape index (κ2) is 6.04. The number of carbonyl (C=O) groups excluding carboxylic acids is 1. The molecule has 6 nitrogen and oxygen atoms in total. The summed E-state index contributed by atoms with van der Waals surface area (Å²) < 4.78 is 16.2. The maximum Gasteiger partial charge on any atom is 0.238 e. The van der Waals surface area contributed by atoms with Gasteiger partial charge >= 0.3 is 0 Å². The highest BCUT2D eigenvalue weighted by Gasteiger charge is 2.42. The Bertz CT molecular complexity index is 576. The molecule has 3 rings (SSSR count). The van der Waals surface area contributed by atoms with E-state index >= 15 is 0 Å². The van der Waals surface area contributed by atoms with Gasteiger partial charge in [0, 0.05) is 18.2 Å². The maximum absolute atomic E-state index is 12.2. The van der Waals surface area contributed by atoms with E-state index in [1.165, 1.54) is 0 Å². The third-order valence-corrected chi connectivity index (χ3v) is 4.49. The molecule has 1 amide bonds. The molecule has 0 bridgehead atoms. The zero-order chi connectivity index (χ0) is 15.7. The Balaban J connectivity index is 2.01. The fourth-order valence-corrected chi connectivity index (χ4v) is 3.38. The van der Waals surface area contributed by atoms with E-state index in [4.69, 9.17) is 14.2 Å². The van der Waals surface area contributed by atoms with Crippen LogP contribution in [0.3, 0.4) is 0 Å². The molecule has 1 aromatic carbocycles. The standard InChI is InChI=1S/C16H22N2O4/c1-20-12-9-14(22-3)13(21-2)8-10(12)15-17-16(19)11-6-4-5-7-18(11)15/h8-9,11,15H,4-7H2,1-3H3,(H,17,19). The monoisotopic (exact) mass is 306 g/mol. The summed E-state index contributed by atoms with van der Waals surface area (Å²) in [4.78, 5) is 14.4. The Labute approximate surface area is 130 Å². The van der Waals surface area contributed by atoms with Crippen LogP contribution in [-0.4, -0.2) is 44.7 Å². The fraction of sp³-hybridized carbons (Fsp3) is 0.562. The third kappa shape index (κ3) is 2.37. The molecule has 0 saturated carbocycles. The van der Waals surface area contributed by atoms with E-state index in [1.54, 1.807) is 27.4 Å². The van der Waals surface area contributed by atoms with Crippen molar-refractivity contribution >= 4 is 5.91 Å². The minimum Gasteiger partial charge on any atom is -0.496 e. The van der Waals surface area contributed by atoms with Gasteiger partial charge in [0.2, 0.25) is 5.91 Å². The molecule has 2 unspecified atom stereocenters. The average Bonchev–Trinajstić information content (AvgIpc) is 2.90. The van der Waals surface area contributed by atoms with E-state index in [0.717, 1.165) is 31.4 Å². The van der Waals surface area contributed by atoms with Crippen LogP contribution in [0.25, 0.3) is 0 Å². The molecule has 0 spiro atoms. The molecule has 2 saturated heterocycles. The van der Waals surface area contributed by atoms with Crippen molar-refractivity contribution in [1.82, 2.24) is 10.2 Å². The van der Waals surface area contributed by atoms with Crippen molar-refractivity contribution in [3.05, 3.63) is 17.7 Å². The van der Waals surface area contributed by atoms with E-state index in [9.17, 15) is 4.79 Å². The highest BCUT2D eigenvalue weighted by atomic mass is 16.5. The predicted octanol–water partition coefficient (Wildman–Crippen LogP) is 1.70. The molecule has 2 fully saturated rings. The topological polar surface area (TPSA) is 60.0 Å². The van der Waals surface area contributed by atoms with Crippen molar-refractivity contribution in [3.63, 3.8) is 0 Å². The van der Waals surface area contributed by atoms with Crippen molar-refractivity contribution in [1.29, 1.82) is 0 Å². The second-order valence-corrected chi connectivity index (χ2v) is 5.61. The molecule has 2 atom stereocenters. The molecule has 22 heavy (non-hydrogen) atoms. The van der Waals surface area contributed by atoms with Crippen LogP contribution in [-0.2, 0) is 4.79 Å². The van der Waals surface area contributed by atoms with Gasteiger partial charge in [-0.05, 0) is 18.9 Å². The molecular weight excluding hydrogens is 284 g/mol. The molecule has 0 aliphatic carbocycles. The fourth-order valence-electron chi connectivity index (χ4n) is 3.38. The van der Waals surface area contributed by atoms with Gasteiger partial charge in [-0.2, -0.15) is 0 Å². The van der Waals surface area contributed by atoms with Crippen LogP contribution in [0.1, 0.15) is 31.0 Å². The molecule has 1 aromatic rings. The number of hydrogen-bond acceptors (Lipinski definition) is 5. The number of nitrogens with zero attached hydrogens (tertiary/aromatic N) is 1. The predicted molar refractivity (Wildman–Crippen MR) is 81.3 cm³/mol. The lowest BCUT2D eigenvalue weighted by molar-refractivity contribution is -0.122. The number of hydrogen-bond donors (Lipinski definition) is 1. The third-order valence-electron chi connectivity index (χ3n) is 4.49. The zero-order valence-corrected chi connectivity index (χ0v) is 13.2. The number of nitrogens with one attached hydrogen (secondary N) is 1. The molecular formula is C16H22N2O4. The molecule has 0 radical (unpaired) electrons. The van der Waals surface area contributed by atoms with Crippen LogP contribution in [0.15, 0.2) is 12.1 Å². The van der Waals surface area contributed by atoms with Gasteiger partial charge in [0.15, 0.2) is 11.5 Å². The Morgan fingerprint density at radius 2 is 1.73 bits per heavy atom. The summed E-state index contributed by atoms with van der Waals surface area (Å²) in [6.07, 6.45) is 2.95. The lowest BCUT2D eigenvalue weighted by atomic mass is 10.0. The first-order chi connectivity index (χ1) is 10.7. The Morgan fingerprint density at radius 1 is 1.05 bits per heavy atom. The Morgan fingerprint density at radius 3 is 2.41 bits per heavy atom. The normalized spacial score (nSPS) is 24.6. The minimum atomic E-state index is -0.174. The van der Waals surface area contributed by atoms with Gasteiger partial charge in [0.1, 0.15) is 11.9 Å². The van der Waals surface area contributed by atoms with Crippen LogP contribution in [0.5, 0.6) is 17.2 Å². The number of amides is 1. The van der Waals surface area contributed by atoms with Crippen molar-refractivity contribution in [2.75, 3.05) is 27.9 Å². The van der Waals surface area contributed by atoms with Crippen molar-refractivity contribution in [2.24, 2.45) is 0 Å². The van der Waals surface area contributed by atoms with Crippen LogP contribution in [0, 0.1) is 0 Å². The molecule has 1 N–H and O–H groups in total.